The maximum absolute atomic E-state index is 5.72. The van der Waals surface area contributed by atoms with Crippen LogP contribution in [0.3, 0.4) is 0 Å². The summed E-state index contributed by atoms with van der Waals surface area (Å²) < 4.78 is 11.1. The molecule has 0 spiro atoms. The molecular weight excluding hydrogens is 380 g/mol. The third-order valence-electron chi connectivity index (χ3n) is 4.74. The van der Waals surface area contributed by atoms with E-state index in [1.54, 1.807) is 6.26 Å². The SMILES string of the molecule is Cc1cc(Nc2nc(N(C3=CC=CCC3)C3=COC=CO3)nc3ccccc23)[nH]n1. The molecule has 8 nitrogen and oxygen atoms in total. The van der Waals surface area contributed by atoms with Gasteiger partial charge in [-0.25, -0.2) is 9.88 Å². The maximum Gasteiger partial charge on any atom is 0.242 e. The number of ether oxygens (including phenoxy) is 2. The van der Waals surface area contributed by atoms with Crippen molar-refractivity contribution >= 4 is 28.5 Å². The first kappa shape index (κ1) is 18.0. The molecule has 0 amide bonds. The van der Waals surface area contributed by atoms with Crippen LogP contribution in [0.4, 0.5) is 17.6 Å². The number of hydrogen-bond acceptors (Lipinski definition) is 7. The van der Waals surface area contributed by atoms with Crippen molar-refractivity contribution in [3.63, 3.8) is 0 Å². The Balaban J connectivity index is 1.64. The Morgan fingerprint density at radius 3 is 2.87 bits per heavy atom. The fraction of sp³-hybridized carbons (Fsp3) is 0.136. The van der Waals surface area contributed by atoms with E-state index in [1.807, 2.05) is 54.3 Å². The second-order valence-corrected chi connectivity index (χ2v) is 6.88. The molecule has 0 atom stereocenters. The van der Waals surface area contributed by atoms with Crippen LogP contribution in [-0.4, -0.2) is 20.2 Å². The molecule has 0 saturated heterocycles. The number of H-pyrrole nitrogens is 1. The van der Waals surface area contributed by atoms with Gasteiger partial charge in [-0.05, 0) is 38.0 Å². The van der Waals surface area contributed by atoms with Crippen molar-refractivity contribution in [1.82, 2.24) is 20.2 Å². The van der Waals surface area contributed by atoms with Crippen molar-refractivity contribution in [3.05, 3.63) is 84.6 Å². The Kier molecular flexibility index (Phi) is 4.65. The average Bonchev–Trinajstić information content (AvgIpc) is 3.20. The summed E-state index contributed by atoms with van der Waals surface area (Å²) in [5.41, 5.74) is 2.72. The molecule has 3 heterocycles. The molecule has 2 aromatic heterocycles. The molecule has 1 aromatic carbocycles. The number of fused-ring (bicyclic) bond motifs is 1. The Labute approximate surface area is 173 Å². The molecule has 0 unspecified atom stereocenters. The van der Waals surface area contributed by atoms with Gasteiger partial charge in [0.2, 0.25) is 11.8 Å². The van der Waals surface area contributed by atoms with Gasteiger partial charge in [-0.15, -0.1) is 0 Å². The van der Waals surface area contributed by atoms with E-state index in [2.05, 4.69) is 21.6 Å². The first-order valence-electron chi connectivity index (χ1n) is 9.67. The minimum atomic E-state index is 0.485. The minimum absolute atomic E-state index is 0.485. The van der Waals surface area contributed by atoms with Crippen LogP contribution in [0.1, 0.15) is 18.5 Å². The summed E-state index contributed by atoms with van der Waals surface area (Å²) in [5.74, 6) is 2.41. The number of rotatable bonds is 5. The number of anilines is 3. The number of hydrogen-bond donors (Lipinski definition) is 2. The van der Waals surface area contributed by atoms with Crippen molar-refractivity contribution in [1.29, 1.82) is 0 Å². The third kappa shape index (κ3) is 3.50. The van der Waals surface area contributed by atoms with Crippen LogP contribution < -0.4 is 10.2 Å². The molecule has 0 fully saturated rings. The number of aromatic nitrogens is 4. The highest BCUT2D eigenvalue weighted by molar-refractivity contribution is 5.91. The fourth-order valence-corrected chi connectivity index (χ4v) is 3.38. The number of aryl methyl sites for hydroxylation is 1. The van der Waals surface area contributed by atoms with Gasteiger partial charge in [-0.2, -0.15) is 10.1 Å². The van der Waals surface area contributed by atoms with Gasteiger partial charge in [0.05, 0.1) is 11.2 Å². The highest BCUT2D eigenvalue weighted by Crippen LogP contribution is 2.32. The molecule has 0 saturated carbocycles. The summed E-state index contributed by atoms with van der Waals surface area (Å²) >= 11 is 0. The number of para-hydroxylation sites is 1. The van der Waals surface area contributed by atoms with Crippen molar-refractivity contribution in [3.8, 4) is 0 Å². The maximum atomic E-state index is 5.72. The number of benzene rings is 1. The molecule has 2 N–H and O–H groups in total. The van der Waals surface area contributed by atoms with Gasteiger partial charge in [-0.1, -0.05) is 24.3 Å². The van der Waals surface area contributed by atoms with Crippen LogP contribution in [-0.2, 0) is 9.47 Å². The van der Waals surface area contributed by atoms with Crippen molar-refractivity contribution < 1.29 is 9.47 Å². The number of aromatic amines is 1. The standard InChI is InChI=1S/C22H20N6O2/c1-15-13-19(27-26-15)24-21-17-9-5-6-10-18(17)23-22(25-21)28(16-7-3-2-4-8-16)20-14-29-11-12-30-20/h2-3,5-7,9-14H,4,8H2,1H3,(H2,23,24,25,26,27). The van der Waals surface area contributed by atoms with Gasteiger partial charge in [0.15, 0.2) is 6.26 Å². The molecule has 5 rings (SSSR count). The Morgan fingerprint density at radius 1 is 1.17 bits per heavy atom. The second kappa shape index (κ2) is 7.75. The summed E-state index contributed by atoms with van der Waals surface area (Å²) in [6.07, 6.45) is 12.5. The summed E-state index contributed by atoms with van der Waals surface area (Å²) in [6.45, 7) is 1.93. The van der Waals surface area contributed by atoms with Gasteiger partial charge < -0.3 is 14.8 Å². The van der Waals surface area contributed by atoms with Crippen LogP contribution in [0.5, 0.6) is 0 Å². The van der Waals surface area contributed by atoms with Crippen LogP contribution >= 0.6 is 0 Å². The fourth-order valence-electron chi connectivity index (χ4n) is 3.38. The lowest BCUT2D eigenvalue weighted by Gasteiger charge is -2.28. The zero-order valence-electron chi connectivity index (χ0n) is 16.4. The quantitative estimate of drug-likeness (QED) is 0.638. The molecule has 2 aliphatic rings. The smallest absolute Gasteiger partial charge is 0.242 e. The van der Waals surface area contributed by atoms with E-state index in [9.17, 15) is 0 Å². The highest BCUT2D eigenvalue weighted by Gasteiger charge is 2.24. The lowest BCUT2D eigenvalue weighted by molar-refractivity contribution is 0.250. The first-order valence-corrected chi connectivity index (χ1v) is 9.67. The molecule has 0 radical (unpaired) electrons. The highest BCUT2D eigenvalue weighted by atomic mass is 16.5. The number of allylic oxidation sites excluding steroid dienone is 4. The Bertz CT molecular complexity index is 1210. The molecule has 30 heavy (non-hydrogen) atoms. The largest absolute Gasteiger partial charge is 0.464 e. The lowest BCUT2D eigenvalue weighted by Crippen LogP contribution is -2.26. The van der Waals surface area contributed by atoms with E-state index >= 15 is 0 Å². The van der Waals surface area contributed by atoms with Crippen molar-refractivity contribution in [2.24, 2.45) is 0 Å². The van der Waals surface area contributed by atoms with Crippen LogP contribution in [0, 0.1) is 6.92 Å². The third-order valence-corrected chi connectivity index (χ3v) is 4.74. The second-order valence-electron chi connectivity index (χ2n) is 6.88. The molecule has 1 aliphatic carbocycles. The Hall–Kier alpha value is -4.07. The molecule has 3 aromatic rings. The zero-order chi connectivity index (χ0) is 20.3. The average molecular weight is 400 g/mol. The van der Waals surface area contributed by atoms with E-state index in [-0.39, 0.29) is 0 Å². The van der Waals surface area contributed by atoms with Gasteiger partial charge in [0, 0.05) is 17.1 Å². The van der Waals surface area contributed by atoms with Gasteiger partial charge in [0.1, 0.15) is 24.2 Å². The molecular formula is C22H20N6O2. The van der Waals surface area contributed by atoms with Gasteiger partial charge in [0.25, 0.3) is 0 Å². The molecule has 0 bridgehead atoms. The summed E-state index contributed by atoms with van der Waals surface area (Å²) in [7, 11) is 0. The van der Waals surface area contributed by atoms with Crippen LogP contribution in [0.15, 0.2) is 78.9 Å². The van der Waals surface area contributed by atoms with Crippen LogP contribution in [0.25, 0.3) is 10.9 Å². The topological polar surface area (TPSA) is 88.2 Å². The van der Waals surface area contributed by atoms with Crippen LogP contribution in [0.2, 0.25) is 0 Å². The molecule has 1 aliphatic heterocycles. The van der Waals surface area contributed by atoms with E-state index in [0.717, 1.165) is 41.0 Å². The summed E-state index contributed by atoms with van der Waals surface area (Å²) in [4.78, 5) is 11.5. The van der Waals surface area contributed by atoms with Gasteiger partial charge >= 0.3 is 0 Å². The molecule has 8 heteroatoms. The number of nitrogens with one attached hydrogen (secondary N) is 2. The number of nitrogens with zero attached hydrogens (tertiary/aromatic N) is 4. The lowest BCUT2D eigenvalue weighted by atomic mass is 10.1. The monoisotopic (exact) mass is 400 g/mol. The summed E-state index contributed by atoms with van der Waals surface area (Å²) in [5, 5.41) is 11.4. The minimum Gasteiger partial charge on any atom is -0.464 e. The van der Waals surface area contributed by atoms with E-state index < -0.39 is 0 Å². The molecule has 150 valence electrons. The Morgan fingerprint density at radius 2 is 2.10 bits per heavy atom. The van der Waals surface area contributed by atoms with Crippen molar-refractivity contribution in [2.75, 3.05) is 10.2 Å². The first-order chi connectivity index (χ1) is 14.8. The van der Waals surface area contributed by atoms with Crippen molar-refractivity contribution in [2.45, 2.75) is 19.8 Å². The van der Waals surface area contributed by atoms with Gasteiger partial charge in [-0.3, -0.25) is 5.10 Å². The van der Waals surface area contributed by atoms with E-state index in [0.29, 0.717) is 17.6 Å². The predicted molar refractivity (Wildman–Crippen MR) is 114 cm³/mol. The summed E-state index contributed by atoms with van der Waals surface area (Å²) in [6, 6.07) is 9.79. The van der Waals surface area contributed by atoms with E-state index in [4.69, 9.17) is 19.4 Å². The van der Waals surface area contributed by atoms with E-state index in [1.165, 1.54) is 12.5 Å². The normalized spacial score (nSPS) is 15.2. The predicted octanol–water partition coefficient (Wildman–Crippen LogP) is 4.76. The zero-order valence-corrected chi connectivity index (χ0v) is 16.4.